The average molecular weight is 383 g/mol. The zero-order valence-corrected chi connectivity index (χ0v) is 15.7. The Bertz CT molecular complexity index is 636. The molecule has 3 aliphatic rings. The third kappa shape index (κ3) is 2.85. The van der Waals surface area contributed by atoms with Crippen LogP contribution in [0.25, 0.3) is 0 Å². The van der Waals surface area contributed by atoms with Gasteiger partial charge in [0.2, 0.25) is 5.79 Å². The smallest absolute Gasteiger partial charge is 0.223 e. The van der Waals surface area contributed by atoms with Gasteiger partial charge in [-0.15, -0.1) is 23.5 Å². The predicted octanol–water partition coefficient (Wildman–Crippen LogP) is 2.21. The lowest BCUT2D eigenvalue weighted by molar-refractivity contribution is -0.237. The summed E-state index contributed by atoms with van der Waals surface area (Å²) in [6.45, 7) is 2.29. The molecule has 1 saturated carbocycles. The van der Waals surface area contributed by atoms with Crippen molar-refractivity contribution in [2.24, 2.45) is 0 Å². The summed E-state index contributed by atoms with van der Waals surface area (Å²) in [5, 5.41) is 11.1. The van der Waals surface area contributed by atoms with Crippen molar-refractivity contribution in [2.45, 2.75) is 47.6 Å². The van der Waals surface area contributed by atoms with Crippen molar-refractivity contribution in [3.63, 3.8) is 0 Å². The maximum atomic E-state index is 11.4. The zero-order chi connectivity index (χ0) is 17.5. The third-order valence-corrected chi connectivity index (χ3v) is 8.63. The summed E-state index contributed by atoms with van der Waals surface area (Å²) in [5.41, 5.74) is 0.0360. The van der Waals surface area contributed by atoms with E-state index in [0.717, 1.165) is 23.4 Å². The summed E-state index contributed by atoms with van der Waals surface area (Å²) in [5.74, 6) is 0.736. The SMILES string of the molecule is CC1(C=O)CO[C@]2(O1)[C@H](O)[C@H](OCc1ccccc1)CC21SCCS1. The largest absolute Gasteiger partial charge is 0.385 e. The number of hydrogen-bond donors (Lipinski definition) is 1. The molecule has 2 spiro atoms. The van der Waals surface area contributed by atoms with Gasteiger partial charge in [0.1, 0.15) is 15.8 Å². The number of hydrogen-bond acceptors (Lipinski definition) is 7. The lowest BCUT2D eigenvalue weighted by Crippen LogP contribution is -2.54. The number of benzene rings is 1. The van der Waals surface area contributed by atoms with E-state index in [9.17, 15) is 9.90 Å². The normalized spacial score (nSPS) is 39.4. The van der Waals surface area contributed by atoms with Crippen LogP contribution in [-0.2, 0) is 25.6 Å². The van der Waals surface area contributed by atoms with Crippen LogP contribution < -0.4 is 0 Å². The van der Waals surface area contributed by atoms with E-state index in [0.29, 0.717) is 13.0 Å². The van der Waals surface area contributed by atoms with Crippen LogP contribution in [0.2, 0.25) is 0 Å². The molecule has 4 atom stereocenters. The second-order valence-electron chi connectivity index (χ2n) is 6.92. The highest BCUT2D eigenvalue weighted by Crippen LogP contribution is 2.64. The summed E-state index contributed by atoms with van der Waals surface area (Å²) in [7, 11) is 0. The van der Waals surface area contributed by atoms with Gasteiger partial charge in [-0.2, -0.15) is 0 Å². The molecule has 0 radical (unpaired) electrons. The summed E-state index contributed by atoms with van der Waals surface area (Å²) >= 11 is 3.49. The number of rotatable bonds is 4. The van der Waals surface area contributed by atoms with E-state index in [1.165, 1.54) is 0 Å². The van der Waals surface area contributed by atoms with Crippen LogP contribution in [0.4, 0.5) is 0 Å². The Morgan fingerprint density at radius 3 is 2.68 bits per heavy atom. The van der Waals surface area contributed by atoms with Crippen LogP contribution in [0.3, 0.4) is 0 Å². The van der Waals surface area contributed by atoms with Gasteiger partial charge in [0.05, 0.1) is 19.3 Å². The first-order chi connectivity index (χ1) is 12.0. The highest BCUT2D eigenvalue weighted by atomic mass is 32.2. The van der Waals surface area contributed by atoms with Gasteiger partial charge in [0.15, 0.2) is 6.29 Å². The van der Waals surface area contributed by atoms with E-state index in [-0.39, 0.29) is 6.61 Å². The maximum absolute atomic E-state index is 11.4. The standard InChI is InChI=1S/C18H22O5S2/c1-16(11-19)12-22-18(23-16)15(20)14(9-17(18)24-7-8-25-17)21-10-13-5-3-2-4-6-13/h2-6,11,14-15,20H,7-10,12H2,1H3/t14-,15-,16?,18+/m1/s1. The first-order valence-electron chi connectivity index (χ1n) is 8.45. The van der Waals surface area contributed by atoms with E-state index in [1.54, 1.807) is 30.4 Å². The van der Waals surface area contributed by atoms with E-state index < -0.39 is 27.7 Å². The number of carbonyl (C=O) groups is 1. The molecular weight excluding hydrogens is 360 g/mol. The van der Waals surface area contributed by atoms with E-state index in [4.69, 9.17) is 14.2 Å². The molecule has 2 saturated heterocycles. The molecule has 136 valence electrons. The fourth-order valence-corrected chi connectivity index (χ4v) is 7.31. The number of carbonyl (C=O) groups excluding carboxylic acids is 1. The molecule has 3 fully saturated rings. The predicted molar refractivity (Wildman–Crippen MR) is 97.5 cm³/mol. The van der Waals surface area contributed by atoms with Gasteiger partial charge in [-0.25, -0.2) is 0 Å². The first kappa shape index (κ1) is 17.8. The minimum Gasteiger partial charge on any atom is -0.385 e. The van der Waals surface area contributed by atoms with Crippen molar-refractivity contribution in [2.75, 3.05) is 18.1 Å². The molecule has 0 amide bonds. The van der Waals surface area contributed by atoms with Gasteiger partial charge >= 0.3 is 0 Å². The van der Waals surface area contributed by atoms with E-state index >= 15 is 0 Å². The lowest BCUT2D eigenvalue weighted by Gasteiger charge is -2.39. The Morgan fingerprint density at radius 1 is 1.32 bits per heavy atom. The molecule has 4 rings (SSSR count). The molecule has 2 aliphatic heterocycles. The molecule has 1 N–H and O–H groups in total. The first-order valence-corrected chi connectivity index (χ1v) is 10.4. The second-order valence-corrected chi connectivity index (χ2v) is 9.97. The molecule has 1 aromatic carbocycles. The minimum absolute atomic E-state index is 0.155. The average Bonchev–Trinajstić information content (AvgIpc) is 3.30. The second kappa shape index (κ2) is 6.55. The van der Waals surface area contributed by atoms with Crippen LogP contribution in [-0.4, -0.2) is 57.2 Å². The molecule has 0 aromatic heterocycles. The number of fused-ring (bicyclic) bond motifs is 1. The van der Waals surface area contributed by atoms with E-state index in [1.807, 2.05) is 30.3 Å². The zero-order valence-electron chi connectivity index (χ0n) is 14.1. The molecule has 7 heteroatoms. The molecule has 0 bridgehead atoms. The minimum atomic E-state index is -1.20. The highest BCUT2D eigenvalue weighted by molar-refractivity contribution is 8.21. The number of thioether (sulfide) groups is 2. The summed E-state index contributed by atoms with van der Waals surface area (Å²) in [4.78, 5) is 11.4. The Hall–Kier alpha value is -0.570. The van der Waals surface area contributed by atoms with Crippen molar-refractivity contribution in [3.05, 3.63) is 35.9 Å². The Kier molecular flexibility index (Phi) is 4.67. The molecule has 1 unspecified atom stereocenters. The molecule has 5 nitrogen and oxygen atoms in total. The van der Waals surface area contributed by atoms with Gasteiger partial charge < -0.3 is 24.1 Å². The third-order valence-electron chi connectivity index (χ3n) is 5.01. The van der Waals surface area contributed by atoms with Crippen LogP contribution in [0.15, 0.2) is 30.3 Å². The van der Waals surface area contributed by atoms with Gasteiger partial charge in [0.25, 0.3) is 0 Å². The summed E-state index contributed by atoms with van der Waals surface area (Å²) in [6, 6.07) is 9.89. The maximum Gasteiger partial charge on any atom is 0.223 e. The monoisotopic (exact) mass is 382 g/mol. The van der Waals surface area contributed by atoms with E-state index in [2.05, 4.69) is 0 Å². The molecule has 1 aliphatic carbocycles. The lowest BCUT2D eigenvalue weighted by atomic mass is 10.1. The fourth-order valence-electron chi connectivity index (χ4n) is 3.74. The van der Waals surface area contributed by atoms with Crippen molar-refractivity contribution in [3.8, 4) is 0 Å². The van der Waals surface area contributed by atoms with Gasteiger partial charge in [-0.3, -0.25) is 0 Å². The van der Waals surface area contributed by atoms with Crippen LogP contribution >= 0.6 is 23.5 Å². The van der Waals surface area contributed by atoms with Gasteiger partial charge in [-0.05, 0) is 12.5 Å². The highest BCUT2D eigenvalue weighted by Gasteiger charge is 2.73. The van der Waals surface area contributed by atoms with Crippen molar-refractivity contribution < 1.29 is 24.1 Å². The molecule has 25 heavy (non-hydrogen) atoms. The van der Waals surface area contributed by atoms with Crippen LogP contribution in [0.5, 0.6) is 0 Å². The Morgan fingerprint density at radius 2 is 2.04 bits per heavy atom. The number of aldehydes is 1. The molecule has 1 aromatic rings. The van der Waals surface area contributed by atoms with Crippen molar-refractivity contribution >= 4 is 29.8 Å². The fraction of sp³-hybridized carbons (Fsp3) is 0.611. The van der Waals surface area contributed by atoms with Crippen LogP contribution in [0.1, 0.15) is 18.9 Å². The number of aliphatic hydroxyl groups is 1. The van der Waals surface area contributed by atoms with Gasteiger partial charge in [-0.1, -0.05) is 30.3 Å². The van der Waals surface area contributed by atoms with Crippen molar-refractivity contribution in [1.29, 1.82) is 0 Å². The summed E-state index contributed by atoms with van der Waals surface area (Å²) < 4.78 is 17.7. The van der Waals surface area contributed by atoms with Crippen molar-refractivity contribution in [1.82, 2.24) is 0 Å². The molecular formula is C18H22O5S2. The number of ether oxygens (including phenoxy) is 3. The summed E-state index contributed by atoms with van der Waals surface area (Å²) in [6.07, 6.45) is 0.0685. The topological polar surface area (TPSA) is 65.0 Å². The van der Waals surface area contributed by atoms with Gasteiger partial charge in [0, 0.05) is 17.9 Å². The quantitative estimate of drug-likeness (QED) is 0.801. The Labute approximate surface area is 155 Å². The molecule has 2 heterocycles. The number of aliphatic hydroxyl groups excluding tert-OH is 1. The Balaban J connectivity index is 1.57. The van der Waals surface area contributed by atoms with Crippen LogP contribution in [0, 0.1) is 0 Å².